The lowest BCUT2D eigenvalue weighted by Crippen LogP contribution is -2.38. The van der Waals surface area contributed by atoms with Crippen molar-refractivity contribution < 1.29 is 9.53 Å². The van der Waals surface area contributed by atoms with Crippen molar-refractivity contribution in [2.45, 2.75) is 18.8 Å². The average Bonchev–Trinajstić information content (AvgIpc) is 3.10. The summed E-state index contributed by atoms with van der Waals surface area (Å²) in [5, 5.41) is 1.94. The maximum Gasteiger partial charge on any atom is 0.257 e. The summed E-state index contributed by atoms with van der Waals surface area (Å²) >= 11 is 6.17. The van der Waals surface area contributed by atoms with Gasteiger partial charge in [-0.25, -0.2) is 0 Å². The van der Waals surface area contributed by atoms with E-state index in [1.54, 1.807) is 7.11 Å². The molecule has 5 heteroatoms. The van der Waals surface area contributed by atoms with E-state index < -0.39 is 0 Å². The van der Waals surface area contributed by atoms with Crippen molar-refractivity contribution in [1.29, 1.82) is 0 Å². The van der Waals surface area contributed by atoms with E-state index in [4.69, 9.17) is 16.3 Å². The first-order valence-electron chi connectivity index (χ1n) is 8.86. The number of aromatic amines is 1. The van der Waals surface area contributed by atoms with Crippen LogP contribution in [0.1, 0.15) is 34.7 Å². The normalized spacial score (nSPS) is 15.4. The molecule has 0 unspecified atom stereocenters. The Morgan fingerprint density at radius 2 is 1.96 bits per heavy atom. The lowest BCUT2D eigenvalue weighted by molar-refractivity contribution is 0.0710. The van der Waals surface area contributed by atoms with Gasteiger partial charge in [-0.1, -0.05) is 23.7 Å². The predicted octanol–water partition coefficient (Wildman–Crippen LogP) is 4.85. The van der Waals surface area contributed by atoms with Gasteiger partial charge in [-0.2, -0.15) is 0 Å². The monoisotopic (exact) mass is 368 g/mol. The molecule has 3 aromatic rings. The summed E-state index contributed by atoms with van der Waals surface area (Å²) in [6.07, 6.45) is 3.98. The number of para-hydroxylation sites is 1. The van der Waals surface area contributed by atoms with Gasteiger partial charge in [0.1, 0.15) is 5.75 Å². The first-order chi connectivity index (χ1) is 12.7. The van der Waals surface area contributed by atoms with Gasteiger partial charge in [0.05, 0.1) is 12.7 Å². The second-order valence-corrected chi connectivity index (χ2v) is 7.14. The van der Waals surface area contributed by atoms with Crippen LogP contribution in [0.2, 0.25) is 5.02 Å². The SMILES string of the molecule is COc1ccccc1C(=O)N1CCC(c2c[nH]c3ccc(Cl)cc23)CC1. The highest BCUT2D eigenvalue weighted by molar-refractivity contribution is 6.31. The molecule has 1 fully saturated rings. The summed E-state index contributed by atoms with van der Waals surface area (Å²) in [6.45, 7) is 1.49. The standard InChI is InChI=1S/C21H21ClN2O2/c1-26-20-5-3-2-4-16(20)21(25)24-10-8-14(9-11-24)18-13-23-19-7-6-15(22)12-17(18)19/h2-7,12-14,23H,8-11H2,1H3. The van der Waals surface area contributed by atoms with Crippen LogP contribution in [0.3, 0.4) is 0 Å². The Morgan fingerprint density at radius 3 is 2.73 bits per heavy atom. The molecule has 1 saturated heterocycles. The number of fused-ring (bicyclic) bond motifs is 1. The Hall–Kier alpha value is -2.46. The number of methoxy groups -OCH3 is 1. The molecule has 4 nitrogen and oxygen atoms in total. The number of carbonyl (C=O) groups excluding carboxylic acids is 1. The number of hydrogen-bond donors (Lipinski definition) is 1. The Kier molecular flexibility index (Phi) is 4.60. The number of ether oxygens (including phenoxy) is 1. The number of rotatable bonds is 3. The number of likely N-dealkylation sites (tertiary alicyclic amines) is 1. The summed E-state index contributed by atoms with van der Waals surface area (Å²) in [5.74, 6) is 1.11. The number of hydrogen-bond acceptors (Lipinski definition) is 2. The fourth-order valence-electron chi connectivity index (χ4n) is 3.84. The second-order valence-electron chi connectivity index (χ2n) is 6.70. The van der Waals surface area contributed by atoms with Crippen LogP contribution in [0.5, 0.6) is 5.75 Å². The number of nitrogens with zero attached hydrogens (tertiary/aromatic N) is 1. The summed E-state index contributed by atoms with van der Waals surface area (Å²) in [7, 11) is 1.60. The summed E-state index contributed by atoms with van der Waals surface area (Å²) < 4.78 is 5.33. The molecule has 1 aliphatic heterocycles. The Bertz CT molecular complexity index is 942. The Labute approximate surface area is 157 Å². The second kappa shape index (κ2) is 7.04. The highest BCUT2D eigenvalue weighted by atomic mass is 35.5. The molecule has 0 bridgehead atoms. The zero-order valence-electron chi connectivity index (χ0n) is 14.7. The lowest BCUT2D eigenvalue weighted by atomic mass is 9.89. The Balaban J connectivity index is 1.50. The van der Waals surface area contributed by atoms with Crippen molar-refractivity contribution in [3.05, 3.63) is 64.8 Å². The number of benzene rings is 2. The first kappa shape index (κ1) is 17.0. The molecule has 0 radical (unpaired) electrons. The molecule has 2 heterocycles. The van der Waals surface area contributed by atoms with Crippen LogP contribution in [0, 0.1) is 0 Å². The van der Waals surface area contributed by atoms with E-state index in [0.717, 1.165) is 36.5 Å². The molecule has 0 atom stereocenters. The van der Waals surface area contributed by atoms with Crippen molar-refractivity contribution in [3.63, 3.8) is 0 Å². The van der Waals surface area contributed by atoms with E-state index in [1.165, 1.54) is 10.9 Å². The fourth-order valence-corrected chi connectivity index (χ4v) is 4.01. The number of H-pyrrole nitrogens is 1. The minimum atomic E-state index is 0.0443. The first-order valence-corrected chi connectivity index (χ1v) is 9.24. The lowest BCUT2D eigenvalue weighted by Gasteiger charge is -2.32. The van der Waals surface area contributed by atoms with Gasteiger partial charge in [-0.05, 0) is 54.7 Å². The largest absolute Gasteiger partial charge is 0.496 e. The number of halogens is 1. The van der Waals surface area contributed by atoms with Crippen molar-refractivity contribution in [1.82, 2.24) is 9.88 Å². The third-order valence-electron chi connectivity index (χ3n) is 5.24. The van der Waals surface area contributed by atoms with Gasteiger partial charge in [-0.3, -0.25) is 4.79 Å². The molecule has 0 spiro atoms. The molecular formula is C21H21ClN2O2. The molecule has 1 N–H and O–H groups in total. The van der Waals surface area contributed by atoms with E-state index in [1.807, 2.05) is 47.4 Å². The summed E-state index contributed by atoms with van der Waals surface area (Å²) in [6, 6.07) is 13.3. The molecule has 134 valence electrons. The number of piperidine rings is 1. The molecule has 1 amide bonds. The van der Waals surface area contributed by atoms with E-state index in [-0.39, 0.29) is 5.91 Å². The third-order valence-corrected chi connectivity index (χ3v) is 5.47. The molecule has 0 aliphatic carbocycles. The highest BCUT2D eigenvalue weighted by Gasteiger charge is 2.27. The maximum absolute atomic E-state index is 12.9. The van der Waals surface area contributed by atoms with Gasteiger partial charge in [0.15, 0.2) is 0 Å². The molecular weight excluding hydrogens is 348 g/mol. The van der Waals surface area contributed by atoms with Crippen molar-refractivity contribution in [2.24, 2.45) is 0 Å². The van der Waals surface area contributed by atoms with Gasteiger partial charge in [-0.15, -0.1) is 0 Å². The smallest absolute Gasteiger partial charge is 0.257 e. The van der Waals surface area contributed by atoms with Gasteiger partial charge in [0.2, 0.25) is 0 Å². The molecule has 2 aromatic carbocycles. The van der Waals surface area contributed by atoms with Gasteiger partial charge < -0.3 is 14.6 Å². The van der Waals surface area contributed by atoms with Crippen molar-refractivity contribution in [2.75, 3.05) is 20.2 Å². The summed E-state index contributed by atoms with van der Waals surface area (Å²) in [4.78, 5) is 18.1. The van der Waals surface area contributed by atoms with E-state index in [9.17, 15) is 4.79 Å². The molecule has 1 aliphatic rings. The van der Waals surface area contributed by atoms with Gasteiger partial charge in [0, 0.05) is 35.2 Å². The maximum atomic E-state index is 12.9. The molecule has 4 rings (SSSR count). The zero-order valence-corrected chi connectivity index (χ0v) is 15.4. The number of nitrogens with one attached hydrogen (secondary N) is 1. The predicted molar refractivity (Wildman–Crippen MR) is 104 cm³/mol. The van der Waals surface area contributed by atoms with Crippen LogP contribution in [0.4, 0.5) is 0 Å². The van der Waals surface area contributed by atoms with E-state index in [0.29, 0.717) is 17.2 Å². The van der Waals surface area contributed by atoms with Gasteiger partial charge >= 0.3 is 0 Å². The number of aromatic nitrogens is 1. The van der Waals surface area contributed by atoms with Crippen LogP contribution in [-0.2, 0) is 0 Å². The van der Waals surface area contributed by atoms with E-state index >= 15 is 0 Å². The number of amides is 1. The quantitative estimate of drug-likeness (QED) is 0.718. The molecule has 26 heavy (non-hydrogen) atoms. The van der Waals surface area contributed by atoms with Crippen LogP contribution >= 0.6 is 11.6 Å². The number of carbonyl (C=O) groups is 1. The Morgan fingerprint density at radius 1 is 1.19 bits per heavy atom. The topological polar surface area (TPSA) is 45.3 Å². The minimum absolute atomic E-state index is 0.0443. The third kappa shape index (κ3) is 3.06. The summed E-state index contributed by atoms with van der Waals surface area (Å²) in [5.41, 5.74) is 3.04. The minimum Gasteiger partial charge on any atom is -0.496 e. The molecule has 0 saturated carbocycles. The van der Waals surface area contributed by atoms with Crippen molar-refractivity contribution >= 4 is 28.4 Å². The molecule has 1 aromatic heterocycles. The van der Waals surface area contributed by atoms with Crippen LogP contribution in [0.25, 0.3) is 10.9 Å². The van der Waals surface area contributed by atoms with Crippen LogP contribution < -0.4 is 4.74 Å². The van der Waals surface area contributed by atoms with Gasteiger partial charge in [0.25, 0.3) is 5.91 Å². The zero-order chi connectivity index (χ0) is 18.1. The fraction of sp³-hybridized carbons (Fsp3) is 0.286. The average molecular weight is 369 g/mol. The van der Waals surface area contributed by atoms with Crippen LogP contribution in [-0.4, -0.2) is 36.0 Å². The highest BCUT2D eigenvalue weighted by Crippen LogP contribution is 2.35. The van der Waals surface area contributed by atoms with Crippen molar-refractivity contribution in [3.8, 4) is 5.75 Å². The van der Waals surface area contributed by atoms with E-state index in [2.05, 4.69) is 11.2 Å². The van der Waals surface area contributed by atoms with Crippen LogP contribution in [0.15, 0.2) is 48.7 Å².